The van der Waals surface area contributed by atoms with E-state index in [4.69, 9.17) is 9.84 Å². The number of esters is 1. The van der Waals surface area contributed by atoms with Gasteiger partial charge in [0, 0.05) is 6.08 Å². The monoisotopic (exact) mass is 289 g/mol. The van der Waals surface area contributed by atoms with Gasteiger partial charge in [-0.15, -0.1) is 0 Å². The molecule has 0 radical (unpaired) electrons. The number of benzene rings is 1. The van der Waals surface area contributed by atoms with Crippen molar-refractivity contribution >= 4 is 17.8 Å². The average Bonchev–Trinajstić information content (AvgIpc) is 2.47. The summed E-state index contributed by atoms with van der Waals surface area (Å²) in [6.45, 7) is 0.143. The molecule has 0 spiro atoms. The molecule has 21 heavy (non-hydrogen) atoms. The van der Waals surface area contributed by atoms with Crippen molar-refractivity contribution in [2.75, 3.05) is 0 Å². The number of carboxylic acid groups (broad SMARTS) is 1. The Labute approximate surface area is 121 Å². The Morgan fingerprint density at radius 2 is 2.00 bits per heavy atom. The molecule has 1 fully saturated rings. The van der Waals surface area contributed by atoms with Crippen LogP contribution in [0.3, 0.4) is 0 Å². The number of aliphatic carboxylic acids is 1. The van der Waals surface area contributed by atoms with Crippen LogP contribution in [0, 0.1) is 5.92 Å². The number of hydrogen-bond acceptors (Lipinski definition) is 4. The van der Waals surface area contributed by atoms with Gasteiger partial charge in [-0.1, -0.05) is 36.4 Å². The van der Waals surface area contributed by atoms with Crippen LogP contribution in [0.2, 0.25) is 0 Å². The van der Waals surface area contributed by atoms with Crippen molar-refractivity contribution in [3.05, 3.63) is 48.0 Å². The van der Waals surface area contributed by atoms with E-state index >= 15 is 0 Å². The quantitative estimate of drug-likeness (QED) is 0.460. The topological polar surface area (TPSA) is 92.7 Å². The van der Waals surface area contributed by atoms with Gasteiger partial charge < -0.3 is 15.2 Å². The van der Waals surface area contributed by atoms with E-state index in [0.717, 1.165) is 11.6 Å². The zero-order valence-electron chi connectivity index (χ0n) is 11.2. The first-order valence-electron chi connectivity index (χ1n) is 6.48. The summed E-state index contributed by atoms with van der Waals surface area (Å²) >= 11 is 0. The lowest BCUT2D eigenvalue weighted by molar-refractivity contribution is -0.158. The van der Waals surface area contributed by atoms with Gasteiger partial charge in [0.05, 0.1) is 5.92 Å². The Bertz CT molecular complexity index is 567. The van der Waals surface area contributed by atoms with Crippen LogP contribution < -0.4 is 5.32 Å². The second kappa shape index (κ2) is 6.69. The molecular weight excluding hydrogens is 274 g/mol. The standard InChI is InChI=1S/C15H15NO5/c17-12(18)8-4-7-11-13(16-14(11)19)15(20)21-9-10-5-2-1-3-6-10/h1-6,8,11,13H,7,9H2,(H,16,19)(H,17,18). The lowest BCUT2D eigenvalue weighted by atomic mass is 9.87. The van der Waals surface area contributed by atoms with Gasteiger partial charge in [-0.25, -0.2) is 9.59 Å². The van der Waals surface area contributed by atoms with Gasteiger partial charge in [0.15, 0.2) is 0 Å². The van der Waals surface area contributed by atoms with Crippen molar-refractivity contribution in [1.82, 2.24) is 5.32 Å². The highest BCUT2D eigenvalue weighted by Gasteiger charge is 2.44. The molecule has 6 nitrogen and oxygen atoms in total. The average molecular weight is 289 g/mol. The summed E-state index contributed by atoms with van der Waals surface area (Å²) in [5.41, 5.74) is 0.860. The number of carboxylic acids is 1. The molecule has 110 valence electrons. The van der Waals surface area contributed by atoms with Gasteiger partial charge in [0.1, 0.15) is 12.6 Å². The van der Waals surface area contributed by atoms with E-state index in [9.17, 15) is 14.4 Å². The molecule has 1 heterocycles. The number of carbonyl (C=O) groups is 3. The van der Waals surface area contributed by atoms with Crippen LogP contribution in [0.1, 0.15) is 12.0 Å². The number of rotatable bonds is 6. The highest BCUT2D eigenvalue weighted by atomic mass is 16.5. The molecule has 2 rings (SSSR count). The molecule has 1 aromatic carbocycles. The summed E-state index contributed by atoms with van der Waals surface area (Å²) in [5.74, 6) is -2.43. The summed E-state index contributed by atoms with van der Waals surface area (Å²) in [4.78, 5) is 33.6. The van der Waals surface area contributed by atoms with Crippen LogP contribution in [0.25, 0.3) is 0 Å². The van der Waals surface area contributed by atoms with E-state index < -0.39 is 23.9 Å². The first-order valence-corrected chi connectivity index (χ1v) is 6.48. The lowest BCUT2D eigenvalue weighted by Crippen LogP contribution is -2.62. The summed E-state index contributed by atoms with van der Waals surface area (Å²) < 4.78 is 5.14. The van der Waals surface area contributed by atoms with Crippen molar-refractivity contribution in [2.45, 2.75) is 19.1 Å². The molecule has 0 bridgehead atoms. The minimum Gasteiger partial charge on any atom is -0.478 e. The molecule has 2 unspecified atom stereocenters. The second-order valence-corrected chi connectivity index (χ2v) is 4.66. The van der Waals surface area contributed by atoms with E-state index in [1.165, 1.54) is 6.08 Å². The van der Waals surface area contributed by atoms with Crippen molar-refractivity contribution in [1.29, 1.82) is 0 Å². The first-order chi connectivity index (χ1) is 10.1. The number of β-lactam (4-membered cyclic amide) rings is 1. The predicted molar refractivity (Wildman–Crippen MR) is 73.1 cm³/mol. The maximum absolute atomic E-state index is 11.9. The number of allylic oxidation sites excluding steroid dienone is 1. The number of ether oxygens (including phenoxy) is 1. The largest absolute Gasteiger partial charge is 0.478 e. The molecule has 2 atom stereocenters. The summed E-state index contributed by atoms with van der Waals surface area (Å²) in [6, 6.07) is 8.50. The number of nitrogens with one attached hydrogen (secondary N) is 1. The van der Waals surface area contributed by atoms with Gasteiger partial charge in [0.25, 0.3) is 0 Å². The molecular formula is C15H15NO5. The predicted octanol–water partition coefficient (Wildman–Crippen LogP) is 0.875. The fraction of sp³-hybridized carbons (Fsp3) is 0.267. The molecule has 1 aliphatic heterocycles. The van der Waals surface area contributed by atoms with E-state index in [1.54, 1.807) is 0 Å². The van der Waals surface area contributed by atoms with Crippen LogP contribution in [-0.2, 0) is 25.7 Å². The molecule has 0 saturated carbocycles. The highest BCUT2D eigenvalue weighted by molar-refractivity contribution is 5.97. The SMILES string of the molecule is O=C(O)C=CCC1C(=O)NC1C(=O)OCc1ccccc1. The van der Waals surface area contributed by atoms with E-state index in [2.05, 4.69) is 5.32 Å². The zero-order chi connectivity index (χ0) is 15.2. The Balaban J connectivity index is 1.84. The minimum atomic E-state index is -1.09. The van der Waals surface area contributed by atoms with Gasteiger partial charge in [-0.05, 0) is 12.0 Å². The number of amides is 1. The zero-order valence-corrected chi connectivity index (χ0v) is 11.2. The molecule has 6 heteroatoms. The number of hydrogen-bond donors (Lipinski definition) is 2. The molecule has 1 aliphatic rings. The van der Waals surface area contributed by atoms with Gasteiger partial charge in [0.2, 0.25) is 5.91 Å². The van der Waals surface area contributed by atoms with Gasteiger partial charge in [-0.2, -0.15) is 0 Å². The van der Waals surface area contributed by atoms with Crippen molar-refractivity contribution in [3.63, 3.8) is 0 Å². The second-order valence-electron chi connectivity index (χ2n) is 4.66. The van der Waals surface area contributed by atoms with E-state index in [0.29, 0.717) is 0 Å². The highest BCUT2D eigenvalue weighted by Crippen LogP contribution is 2.21. The third-order valence-electron chi connectivity index (χ3n) is 3.17. The molecule has 0 aromatic heterocycles. The van der Waals surface area contributed by atoms with Crippen LogP contribution in [0.15, 0.2) is 42.5 Å². The first kappa shape index (κ1) is 14.8. The maximum Gasteiger partial charge on any atom is 0.329 e. The normalized spacial score (nSPS) is 20.7. The molecule has 0 aliphatic carbocycles. The minimum absolute atomic E-state index is 0.143. The van der Waals surface area contributed by atoms with Crippen molar-refractivity contribution < 1.29 is 24.2 Å². The van der Waals surface area contributed by atoms with Crippen LogP contribution in [0.4, 0.5) is 0 Å². The molecule has 2 N–H and O–H groups in total. The van der Waals surface area contributed by atoms with E-state index in [-0.39, 0.29) is 18.9 Å². The summed E-state index contributed by atoms with van der Waals surface area (Å²) in [5, 5.41) is 11.0. The van der Waals surface area contributed by atoms with Crippen LogP contribution in [0.5, 0.6) is 0 Å². The van der Waals surface area contributed by atoms with Gasteiger partial charge in [-0.3, -0.25) is 4.79 Å². The number of carbonyl (C=O) groups excluding carboxylic acids is 2. The smallest absolute Gasteiger partial charge is 0.329 e. The van der Waals surface area contributed by atoms with Crippen molar-refractivity contribution in [3.8, 4) is 0 Å². The molecule has 1 saturated heterocycles. The van der Waals surface area contributed by atoms with E-state index in [1.807, 2.05) is 30.3 Å². The van der Waals surface area contributed by atoms with Gasteiger partial charge >= 0.3 is 11.9 Å². The summed E-state index contributed by atoms with van der Waals surface area (Å²) in [6.07, 6.45) is 2.52. The van der Waals surface area contributed by atoms with Crippen LogP contribution in [-0.4, -0.2) is 29.0 Å². The maximum atomic E-state index is 11.9. The third-order valence-corrected chi connectivity index (χ3v) is 3.17. The Morgan fingerprint density at radius 1 is 1.29 bits per heavy atom. The molecule has 1 aromatic rings. The van der Waals surface area contributed by atoms with Crippen molar-refractivity contribution in [2.24, 2.45) is 5.92 Å². The Kier molecular flexibility index (Phi) is 4.71. The lowest BCUT2D eigenvalue weighted by Gasteiger charge is -2.34. The fourth-order valence-corrected chi connectivity index (χ4v) is 2.02. The fourth-order valence-electron chi connectivity index (χ4n) is 2.02. The molecule has 1 amide bonds. The summed E-state index contributed by atoms with van der Waals surface area (Å²) in [7, 11) is 0. The van der Waals surface area contributed by atoms with Crippen LogP contribution >= 0.6 is 0 Å². The Hall–Kier alpha value is -2.63. The third kappa shape index (κ3) is 3.92. The Morgan fingerprint density at radius 3 is 2.62 bits per heavy atom.